The highest BCUT2D eigenvalue weighted by atomic mass is 127. The number of hydrogen-bond donors (Lipinski definition) is 2. The Kier molecular flexibility index (Phi) is 4.61. The number of nitrogens with one attached hydrogen (secondary N) is 2. The number of rotatable bonds is 4. The first-order valence-electron chi connectivity index (χ1n) is 6.92. The molecule has 3 rings (SSSR count). The zero-order chi connectivity index (χ0) is 16.2. The second-order valence-electron chi connectivity index (χ2n) is 4.85. The molecule has 1 heterocycles. The van der Waals surface area contributed by atoms with Crippen molar-refractivity contribution >= 4 is 34.2 Å². The molecule has 6 heteroatoms. The lowest BCUT2D eigenvalue weighted by atomic mass is 10.1. The van der Waals surface area contributed by atoms with Crippen LogP contribution in [0.25, 0.3) is 11.3 Å². The Hall–Kier alpha value is -2.35. The second-order valence-corrected chi connectivity index (χ2v) is 6.10. The van der Waals surface area contributed by atoms with Gasteiger partial charge in [-0.05, 0) is 65.1 Å². The maximum atomic E-state index is 12.5. The summed E-state index contributed by atoms with van der Waals surface area (Å²) in [7, 11) is 1.62. The maximum absolute atomic E-state index is 12.5. The quantitative estimate of drug-likeness (QED) is 0.630. The van der Waals surface area contributed by atoms with E-state index in [-0.39, 0.29) is 5.91 Å². The third kappa shape index (κ3) is 3.53. The average Bonchev–Trinajstić information content (AvgIpc) is 3.05. The summed E-state index contributed by atoms with van der Waals surface area (Å²) in [4.78, 5) is 12.5. The van der Waals surface area contributed by atoms with Gasteiger partial charge in [0.25, 0.3) is 5.91 Å². The Morgan fingerprint density at radius 1 is 1.22 bits per heavy atom. The molecular weight excluding hydrogens is 405 g/mol. The number of carbonyl (C=O) groups excluding carboxylic acids is 1. The molecule has 3 aromatic rings. The lowest BCUT2D eigenvalue weighted by Crippen LogP contribution is -2.12. The van der Waals surface area contributed by atoms with Crippen molar-refractivity contribution in [2.45, 2.75) is 0 Å². The molecule has 0 unspecified atom stereocenters. The molecule has 2 N–H and O–H groups in total. The van der Waals surface area contributed by atoms with Crippen molar-refractivity contribution in [2.24, 2.45) is 0 Å². The number of aromatic nitrogens is 2. The molecule has 0 radical (unpaired) electrons. The number of anilines is 1. The second kappa shape index (κ2) is 6.82. The first kappa shape index (κ1) is 15.5. The smallest absolute Gasteiger partial charge is 0.259 e. The predicted octanol–water partition coefficient (Wildman–Crippen LogP) is 3.94. The SMILES string of the molecule is COc1ccc(-c2[nH]ncc2C(=O)Nc2cccc(I)c2)cc1. The van der Waals surface area contributed by atoms with Gasteiger partial charge in [0.05, 0.1) is 24.6 Å². The molecule has 0 saturated heterocycles. The number of ether oxygens (including phenoxy) is 1. The largest absolute Gasteiger partial charge is 0.497 e. The van der Waals surface area contributed by atoms with Crippen molar-refractivity contribution in [1.82, 2.24) is 10.2 Å². The van der Waals surface area contributed by atoms with E-state index in [2.05, 4.69) is 38.1 Å². The molecule has 0 atom stereocenters. The molecular formula is C17H14IN3O2. The van der Waals surface area contributed by atoms with Crippen molar-refractivity contribution < 1.29 is 9.53 Å². The summed E-state index contributed by atoms with van der Waals surface area (Å²) >= 11 is 2.21. The minimum Gasteiger partial charge on any atom is -0.497 e. The molecule has 0 bridgehead atoms. The van der Waals surface area contributed by atoms with Gasteiger partial charge < -0.3 is 10.1 Å². The van der Waals surface area contributed by atoms with E-state index in [1.807, 2.05) is 48.5 Å². The summed E-state index contributed by atoms with van der Waals surface area (Å²) in [6.45, 7) is 0. The van der Waals surface area contributed by atoms with Crippen LogP contribution < -0.4 is 10.1 Å². The van der Waals surface area contributed by atoms with Crippen molar-refractivity contribution in [3.63, 3.8) is 0 Å². The molecule has 1 amide bonds. The first-order chi connectivity index (χ1) is 11.2. The van der Waals surface area contributed by atoms with Crippen molar-refractivity contribution in [1.29, 1.82) is 0 Å². The Morgan fingerprint density at radius 3 is 2.70 bits per heavy atom. The fourth-order valence-electron chi connectivity index (χ4n) is 2.20. The summed E-state index contributed by atoms with van der Waals surface area (Å²) in [6.07, 6.45) is 1.53. The normalized spacial score (nSPS) is 10.3. The van der Waals surface area contributed by atoms with Crippen molar-refractivity contribution in [3.05, 3.63) is 63.9 Å². The van der Waals surface area contributed by atoms with E-state index in [4.69, 9.17) is 4.74 Å². The van der Waals surface area contributed by atoms with E-state index in [0.29, 0.717) is 11.3 Å². The van der Waals surface area contributed by atoms with Crippen LogP contribution >= 0.6 is 22.6 Å². The predicted molar refractivity (Wildman–Crippen MR) is 97.7 cm³/mol. The number of aromatic amines is 1. The highest BCUT2D eigenvalue weighted by Gasteiger charge is 2.15. The van der Waals surface area contributed by atoms with Crippen LogP contribution in [0.15, 0.2) is 54.7 Å². The van der Waals surface area contributed by atoms with E-state index in [1.54, 1.807) is 7.11 Å². The molecule has 1 aromatic heterocycles. The van der Waals surface area contributed by atoms with Gasteiger partial charge in [-0.3, -0.25) is 9.89 Å². The van der Waals surface area contributed by atoms with Crippen LogP contribution in [0.2, 0.25) is 0 Å². The fourth-order valence-corrected chi connectivity index (χ4v) is 2.74. The topological polar surface area (TPSA) is 67.0 Å². The van der Waals surface area contributed by atoms with Crippen LogP contribution in [0.3, 0.4) is 0 Å². The molecule has 23 heavy (non-hydrogen) atoms. The van der Waals surface area contributed by atoms with Gasteiger partial charge >= 0.3 is 0 Å². The number of methoxy groups -OCH3 is 1. The highest BCUT2D eigenvalue weighted by molar-refractivity contribution is 14.1. The zero-order valence-corrected chi connectivity index (χ0v) is 14.5. The third-order valence-corrected chi connectivity index (χ3v) is 4.02. The van der Waals surface area contributed by atoms with Gasteiger partial charge in [0.1, 0.15) is 5.75 Å². The zero-order valence-electron chi connectivity index (χ0n) is 12.3. The summed E-state index contributed by atoms with van der Waals surface area (Å²) < 4.78 is 6.21. The van der Waals surface area contributed by atoms with Gasteiger partial charge in [0.15, 0.2) is 0 Å². The Morgan fingerprint density at radius 2 is 2.00 bits per heavy atom. The minimum atomic E-state index is -0.202. The first-order valence-corrected chi connectivity index (χ1v) is 8.00. The molecule has 0 aliphatic rings. The number of benzene rings is 2. The Bertz CT molecular complexity index is 828. The monoisotopic (exact) mass is 419 g/mol. The van der Waals surface area contributed by atoms with E-state index >= 15 is 0 Å². The van der Waals surface area contributed by atoms with Gasteiger partial charge in [0.2, 0.25) is 0 Å². The van der Waals surface area contributed by atoms with Gasteiger partial charge in [-0.15, -0.1) is 0 Å². The fraction of sp³-hybridized carbons (Fsp3) is 0.0588. The van der Waals surface area contributed by atoms with Gasteiger partial charge in [-0.2, -0.15) is 5.10 Å². The van der Waals surface area contributed by atoms with Crippen LogP contribution in [-0.2, 0) is 0 Å². The summed E-state index contributed by atoms with van der Waals surface area (Å²) in [5.41, 5.74) is 2.80. The summed E-state index contributed by atoms with van der Waals surface area (Å²) in [5.74, 6) is 0.560. The van der Waals surface area contributed by atoms with Crippen molar-refractivity contribution in [3.8, 4) is 17.0 Å². The van der Waals surface area contributed by atoms with Crippen molar-refractivity contribution in [2.75, 3.05) is 12.4 Å². The molecule has 5 nitrogen and oxygen atoms in total. The summed E-state index contributed by atoms with van der Waals surface area (Å²) in [6, 6.07) is 15.1. The molecule has 0 saturated carbocycles. The van der Waals surface area contributed by atoms with Gasteiger partial charge in [-0.25, -0.2) is 0 Å². The van der Waals surface area contributed by atoms with E-state index in [1.165, 1.54) is 6.20 Å². The van der Waals surface area contributed by atoms with E-state index in [9.17, 15) is 4.79 Å². The van der Waals surface area contributed by atoms with Crippen LogP contribution in [-0.4, -0.2) is 23.2 Å². The highest BCUT2D eigenvalue weighted by Crippen LogP contribution is 2.24. The third-order valence-electron chi connectivity index (χ3n) is 3.35. The van der Waals surface area contributed by atoms with Gasteiger partial charge in [-0.1, -0.05) is 6.07 Å². The Balaban J connectivity index is 1.86. The number of amides is 1. The van der Waals surface area contributed by atoms with Gasteiger partial charge in [0, 0.05) is 14.8 Å². The number of H-pyrrole nitrogens is 1. The van der Waals surface area contributed by atoms with Crippen LogP contribution in [0.1, 0.15) is 10.4 Å². The minimum absolute atomic E-state index is 0.202. The number of carbonyl (C=O) groups is 1. The lowest BCUT2D eigenvalue weighted by molar-refractivity contribution is 0.102. The molecule has 2 aromatic carbocycles. The molecule has 0 fully saturated rings. The van der Waals surface area contributed by atoms with Crippen LogP contribution in [0.5, 0.6) is 5.75 Å². The molecule has 0 aliphatic carbocycles. The molecule has 116 valence electrons. The number of hydrogen-bond acceptors (Lipinski definition) is 3. The number of halogens is 1. The average molecular weight is 419 g/mol. The van der Waals surface area contributed by atoms with Crippen LogP contribution in [0, 0.1) is 3.57 Å². The lowest BCUT2D eigenvalue weighted by Gasteiger charge is -2.07. The Labute approximate surface area is 147 Å². The number of nitrogens with zero attached hydrogens (tertiary/aromatic N) is 1. The summed E-state index contributed by atoms with van der Waals surface area (Å²) in [5, 5.41) is 9.78. The standard InChI is InChI=1S/C17H14IN3O2/c1-23-14-7-5-11(6-8-14)16-15(10-19-21-16)17(22)20-13-4-2-3-12(18)9-13/h2-10H,1H3,(H,19,21)(H,20,22). The molecule has 0 spiro atoms. The maximum Gasteiger partial charge on any atom is 0.259 e. The van der Waals surface area contributed by atoms with E-state index in [0.717, 1.165) is 20.6 Å². The van der Waals surface area contributed by atoms with E-state index < -0.39 is 0 Å². The van der Waals surface area contributed by atoms with Crippen LogP contribution in [0.4, 0.5) is 5.69 Å². The molecule has 0 aliphatic heterocycles.